The van der Waals surface area contributed by atoms with Gasteiger partial charge in [-0.25, -0.2) is 4.79 Å². The second-order valence-electron chi connectivity index (χ2n) is 3.14. The number of ether oxygens (including phenoxy) is 1. The summed E-state index contributed by atoms with van der Waals surface area (Å²) < 4.78 is 37.0. The fourth-order valence-electron chi connectivity index (χ4n) is 1.33. The van der Waals surface area contributed by atoms with Crippen molar-refractivity contribution in [2.24, 2.45) is 0 Å². The van der Waals surface area contributed by atoms with E-state index in [4.69, 9.17) is 33.0 Å². The fraction of sp³-hybridized carbons (Fsp3) is 0.250. The highest BCUT2D eigenvalue weighted by Crippen LogP contribution is 2.36. The number of benzene rings is 1. The Hall–Kier alpha value is -1.40. The van der Waals surface area contributed by atoms with E-state index in [0.29, 0.717) is 19.9 Å². The molecule has 1 unspecified atom stereocenters. The molecule has 0 aromatic heterocycles. The highest BCUT2D eigenvalue weighted by atomic mass is 35.5. The van der Waals surface area contributed by atoms with Gasteiger partial charge in [0.25, 0.3) is 6.36 Å². The number of carbonyl (C=O) groups is 1. The molecule has 1 aromatic carbocycles. The third-order valence-corrected chi connectivity index (χ3v) is 2.81. The number of halogens is 5. The second kappa shape index (κ2) is 8.71. The van der Waals surface area contributed by atoms with Crippen molar-refractivity contribution < 1.29 is 27.8 Å². The number of carboxylic acids is 1. The summed E-state index contributed by atoms with van der Waals surface area (Å²) in [7, 11) is 1.00. The van der Waals surface area contributed by atoms with E-state index in [1.165, 1.54) is 18.2 Å². The maximum absolute atomic E-state index is 13.3. The molecule has 0 amide bonds. The Kier molecular flexibility index (Phi) is 8.10. The lowest BCUT2D eigenvalue weighted by atomic mass is 10.1. The second-order valence-corrected chi connectivity index (χ2v) is 3.96. The van der Waals surface area contributed by atoms with Crippen LogP contribution in [-0.2, 0) is 4.79 Å². The molecule has 1 aromatic rings. The van der Waals surface area contributed by atoms with Crippen LogP contribution in [0.25, 0.3) is 6.08 Å². The molecule has 0 saturated heterocycles. The van der Waals surface area contributed by atoms with Gasteiger partial charge in [-0.3, -0.25) is 8.78 Å². The van der Waals surface area contributed by atoms with Crippen molar-refractivity contribution >= 4 is 35.2 Å². The Labute approximate surface area is 123 Å². The Morgan fingerprint density at radius 1 is 1.20 bits per heavy atom. The molecule has 0 aliphatic carbocycles. The highest BCUT2D eigenvalue weighted by molar-refractivity contribution is 6.42. The van der Waals surface area contributed by atoms with Crippen LogP contribution in [0.5, 0.6) is 5.75 Å². The molecule has 112 valence electrons. The van der Waals surface area contributed by atoms with Crippen molar-refractivity contribution in [3.8, 4) is 5.75 Å². The Morgan fingerprint density at radius 2 is 1.70 bits per heavy atom. The van der Waals surface area contributed by atoms with E-state index in [-0.39, 0.29) is 15.8 Å². The zero-order chi connectivity index (χ0) is 15.9. The molecular formula is C12H11Cl2F3O3. The minimum absolute atomic E-state index is 0.173. The molecule has 1 heterocycles. The van der Waals surface area contributed by atoms with Crippen LogP contribution in [0.2, 0.25) is 10.0 Å². The molecule has 1 aliphatic rings. The summed E-state index contributed by atoms with van der Waals surface area (Å²) in [6.07, 6.45) is -0.823. The zero-order valence-electron chi connectivity index (χ0n) is 10.5. The monoisotopic (exact) mass is 330 g/mol. The van der Waals surface area contributed by atoms with Crippen LogP contribution in [0.4, 0.5) is 13.2 Å². The normalized spacial score (nSPS) is 15.3. The van der Waals surface area contributed by atoms with E-state index in [1.807, 2.05) is 0 Å². The Balaban J connectivity index is 0.000000829. The van der Waals surface area contributed by atoms with Crippen molar-refractivity contribution in [1.82, 2.24) is 0 Å². The molecule has 0 bridgehead atoms. The summed E-state index contributed by atoms with van der Waals surface area (Å²) in [5, 5.41) is 9.18. The van der Waals surface area contributed by atoms with E-state index in [9.17, 15) is 18.0 Å². The molecule has 20 heavy (non-hydrogen) atoms. The number of hydrogen-bond acceptors (Lipinski definition) is 2. The summed E-state index contributed by atoms with van der Waals surface area (Å²) in [5.41, 5.74) is -0.0772. The summed E-state index contributed by atoms with van der Waals surface area (Å²) >= 11 is 11.5. The summed E-state index contributed by atoms with van der Waals surface area (Å²) in [4.78, 5) is 10.7. The Bertz CT molecular complexity index is 507. The van der Waals surface area contributed by atoms with Crippen LogP contribution in [0, 0.1) is 0 Å². The van der Waals surface area contributed by atoms with Crippen LogP contribution < -0.4 is 4.74 Å². The number of carboxylic acid groups (broad SMARTS) is 1. The first-order valence-corrected chi connectivity index (χ1v) is 5.75. The molecule has 2 rings (SSSR count). The van der Waals surface area contributed by atoms with Crippen LogP contribution in [0.1, 0.15) is 5.56 Å². The van der Waals surface area contributed by atoms with E-state index in [2.05, 4.69) is 0 Å². The molecule has 0 fully saturated rings. The predicted molar refractivity (Wildman–Crippen MR) is 71.7 cm³/mol. The van der Waals surface area contributed by atoms with Gasteiger partial charge in [-0.1, -0.05) is 23.2 Å². The van der Waals surface area contributed by atoms with Gasteiger partial charge in [0.15, 0.2) is 0 Å². The van der Waals surface area contributed by atoms with Crippen LogP contribution >= 0.6 is 23.2 Å². The Morgan fingerprint density at radius 3 is 2.20 bits per heavy atom. The first-order valence-electron chi connectivity index (χ1n) is 4.99. The maximum atomic E-state index is 13.3. The molecule has 0 radical (unpaired) electrons. The largest absolute Gasteiger partial charge is 0.478 e. The van der Waals surface area contributed by atoms with Gasteiger partial charge in [-0.2, -0.15) is 4.39 Å². The maximum Gasteiger partial charge on any atom is 0.338 e. The lowest BCUT2D eigenvalue weighted by Crippen LogP contribution is -2.22. The predicted octanol–water partition coefficient (Wildman–Crippen LogP) is 4.32. The van der Waals surface area contributed by atoms with Gasteiger partial charge in [-0.15, -0.1) is 0 Å². The molecule has 1 N–H and O–H groups in total. The van der Waals surface area contributed by atoms with Crippen LogP contribution in [0.15, 0.2) is 17.7 Å². The van der Waals surface area contributed by atoms with E-state index < -0.39 is 17.9 Å². The quantitative estimate of drug-likeness (QED) is 0.834. The van der Waals surface area contributed by atoms with Gasteiger partial charge < -0.3 is 9.84 Å². The third kappa shape index (κ3) is 4.31. The van der Waals surface area contributed by atoms with Gasteiger partial charge in [0.05, 0.1) is 24.4 Å². The standard InChI is InChI=1S/C10H5Cl2FO3.2CH3F/c11-6-2-4-1-5(10(14)15)9(13)16-8(4)3-7(6)12;2*1-2/h1-3,9H,(H,14,15);2*1H3. The lowest BCUT2D eigenvalue weighted by Gasteiger charge is -2.19. The van der Waals surface area contributed by atoms with Gasteiger partial charge in [0.2, 0.25) is 0 Å². The molecule has 0 spiro atoms. The van der Waals surface area contributed by atoms with E-state index >= 15 is 0 Å². The third-order valence-electron chi connectivity index (χ3n) is 2.09. The number of fused-ring (bicyclic) bond motifs is 1. The summed E-state index contributed by atoms with van der Waals surface area (Å²) in [6.45, 7) is 0. The van der Waals surface area contributed by atoms with Gasteiger partial charge in [0, 0.05) is 11.6 Å². The topological polar surface area (TPSA) is 46.5 Å². The molecule has 0 saturated carbocycles. The number of rotatable bonds is 1. The van der Waals surface area contributed by atoms with Crippen LogP contribution in [-0.4, -0.2) is 31.8 Å². The van der Waals surface area contributed by atoms with Crippen molar-refractivity contribution in [2.45, 2.75) is 6.36 Å². The highest BCUT2D eigenvalue weighted by Gasteiger charge is 2.27. The van der Waals surface area contributed by atoms with Crippen molar-refractivity contribution in [2.75, 3.05) is 14.4 Å². The summed E-state index contributed by atoms with van der Waals surface area (Å²) in [5.74, 6) is -1.20. The molecule has 1 aliphatic heterocycles. The molecule has 3 nitrogen and oxygen atoms in total. The molecule has 8 heteroatoms. The lowest BCUT2D eigenvalue weighted by molar-refractivity contribution is -0.134. The molecule has 1 atom stereocenters. The molecular weight excluding hydrogens is 320 g/mol. The SMILES string of the molecule is CF.CF.O=C(O)C1=Cc2cc(Cl)c(Cl)cc2OC1F. The fourth-order valence-corrected chi connectivity index (χ4v) is 1.65. The van der Waals surface area contributed by atoms with E-state index in [0.717, 1.165) is 0 Å². The van der Waals surface area contributed by atoms with Crippen molar-refractivity contribution in [3.05, 3.63) is 33.3 Å². The first kappa shape index (κ1) is 18.6. The number of hydrogen-bond donors (Lipinski definition) is 1. The van der Waals surface area contributed by atoms with Gasteiger partial charge in [-0.05, 0) is 12.1 Å². The van der Waals surface area contributed by atoms with Crippen LogP contribution in [0.3, 0.4) is 0 Å². The average Bonchev–Trinajstić information content (AvgIpc) is 2.44. The average molecular weight is 331 g/mol. The van der Waals surface area contributed by atoms with Gasteiger partial charge in [0.1, 0.15) is 11.3 Å². The van der Waals surface area contributed by atoms with Crippen molar-refractivity contribution in [3.63, 3.8) is 0 Å². The number of aliphatic carboxylic acids is 1. The number of alkyl halides is 3. The van der Waals surface area contributed by atoms with Crippen molar-refractivity contribution in [1.29, 1.82) is 0 Å². The minimum atomic E-state index is -2.00. The van der Waals surface area contributed by atoms with E-state index in [1.54, 1.807) is 0 Å². The minimum Gasteiger partial charge on any atom is -0.478 e. The van der Waals surface area contributed by atoms with Gasteiger partial charge >= 0.3 is 5.97 Å². The first-order chi connectivity index (χ1) is 9.49. The zero-order valence-corrected chi connectivity index (χ0v) is 12.0. The summed E-state index contributed by atoms with van der Waals surface area (Å²) in [6, 6.07) is 2.77. The smallest absolute Gasteiger partial charge is 0.338 e.